The number of rotatable bonds is 5. The van der Waals surface area contributed by atoms with Crippen molar-refractivity contribution in [3.63, 3.8) is 0 Å². The quantitative estimate of drug-likeness (QED) is 0.856. The van der Waals surface area contributed by atoms with Crippen molar-refractivity contribution in [2.24, 2.45) is 5.92 Å². The lowest BCUT2D eigenvalue weighted by atomic mass is 9.86. The summed E-state index contributed by atoms with van der Waals surface area (Å²) < 4.78 is 20.7. The van der Waals surface area contributed by atoms with Crippen molar-refractivity contribution in [3.05, 3.63) is 48.3 Å². The van der Waals surface area contributed by atoms with E-state index in [1.807, 2.05) is 6.07 Å². The summed E-state index contributed by atoms with van der Waals surface area (Å²) in [7, 11) is 1.44. The van der Waals surface area contributed by atoms with E-state index in [1.165, 1.54) is 7.11 Å². The van der Waals surface area contributed by atoms with Crippen LogP contribution in [0.15, 0.2) is 36.9 Å². The lowest BCUT2D eigenvalue weighted by Crippen LogP contribution is -2.34. The monoisotopic (exact) mass is 331 g/mol. The van der Waals surface area contributed by atoms with Crippen LogP contribution in [0.25, 0.3) is 5.69 Å². The molecule has 0 saturated heterocycles. The normalized spacial score (nSPS) is 20.8. The zero-order valence-electron chi connectivity index (χ0n) is 13.7. The molecule has 3 rings (SSSR count). The summed E-state index contributed by atoms with van der Waals surface area (Å²) in [6.07, 6.45) is 8.49. The first-order chi connectivity index (χ1) is 11.7. The highest BCUT2D eigenvalue weighted by atomic mass is 19.1. The highest BCUT2D eigenvalue weighted by Crippen LogP contribution is 2.25. The molecule has 0 atom stereocenters. The molecule has 1 fully saturated rings. The number of esters is 1. The van der Waals surface area contributed by atoms with E-state index in [4.69, 9.17) is 4.74 Å². The van der Waals surface area contributed by atoms with Crippen LogP contribution in [0.2, 0.25) is 0 Å². The molecule has 128 valence electrons. The molecule has 0 bridgehead atoms. The van der Waals surface area contributed by atoms with Crippen molar-refractivity contribution in [2.75, 3.05) is 7.11 Å². The number of nitrogens with one attached hydrogen (secondary N) is 1. The Labute approximate surface area is 140 Å². The highest BCUT2D eigenvalue weighted by molar-refractivity contribution is 5.72. The summed E-state index contributed by atoms with van der Waals surface area (Å²) in [5, 5.41) is 3.46. The van der Waals surface area contributed by atoms with Gasteiger partial charge in [0, 0.05) is 25.0 Å². The number of benzene rings is 1. The number of hydrogen-bond donors (Lipinski definition) is 1. The predicted molar refractivity (Wildman–Crippen MR) is 88.1 cm³/mol. The maximum atomic E-state index is 14.2. The number of aromatic nitrogens is 2. The Hall–Kier alpha value is -2.21. The van der Waals surface area contributed by atoms with E-state index in [9.17, 15) is 9.18 Å². The Bertz CT molecular complexity index is 680. The smallest absolute Gasteiger partial charge is 0.308 e. The Morgan fingerprint density at radius 1 is 1.38 bits per heavy atom. The highest BCUT2D eigenvalue weighted by Gasteiger charge is 2.26. The van der Waals surface area contributed by atoms with Gasteiger partial charge in [0.05, 0.1) is 25.0 Å². The predicted octanol–water partition coefficient (Wildman–Crippen LogP) is 2.83. The molecule has 24 heavy (non-hydrogen) atoms. The first kappa shape index (κ1) is 16.6. The topological polar surface area (TPSA) is 56.1 Å². The summed E-state index contributed by atoms with van der Waals surface area (Å²) in [5.74, 6) is -0.340. The Morgan fingerprint density at radius 2 is 2.17 bits per heavy atom. The van der Waals surface area contributed by atoms with Crippen LogP contribution in [0.5, 0.6) is 0 Å². The number of methoxy groups -OCH3 is 1. The number of imidazole rings is 1. The van der Waals surface area contributed by atoms with Crippen LogP contribution in [-0.2, 0) is 16.1 Å². The average Bonchev–Trinajstić information content (AvgIpc) is 3.14. The van der Waals surface area contributed by atoms with Crippen molar-refractivity contribution >= 4 is 5.97 Å². The standard InChI is InChI=1S/C18H22FN3O2/c1-24-18(23)14-3-5-15(6-4-14)21-11-13-2-7-17(16(19)10-13)22-9-8-20-12-22/h2,7-10,12,14-15,21H,3-6,11H2,1H3. The van der Waals surface area contributed by atoms with Gasteiger partial charge in [0.1, 0.15) is 5.82 Å². The minimum Gasteiger partial charge on any atom is -0.469 e. The van der Waals surface area contributed by atoms with E-state index in [-0.39, 0.29) is 17.7 Å². The zero-order chi connectivity index (χ0) is 16.9. The summed E-state index contributed by atoms with van der Waals surface area (Å²) in [6, 6.07) is 5.61. The Kier molecular flexibility index (Phi) is 5.25. The van der Waals surface area contributed by atoms with E-state index >= 15 is 0 Å². The summed E-state index contributed by atoms with van der Waals surface area (Å²) in [5.41, 5.74) is 1.40. The molecule has 0 spiro atoms. The van der Waals surface area contributed by atoms with E-state index in [0.29, 0.717) is 18.3 Å². The van der Waals surface area contributed by atoms with Gasteiger partial charge in [0.15, 0.2) is 0 Å². The molecule has 1 heterocycles. The molecule has 6 heteroatoms. The van der Waals surface area contributed by atoms with Crippen molar-refractivity contribution in [3.8, 4) is 5.69 Å². The molecule has 5 nitrogen and oxygen atoms in total. The van der Waals surface area contributed by atoms with E-state index < -0.39 is 0 Å². The second-order valence-corrected chi connectivity index (χ2v) is 6.21. The summed E-state index contributed by atoms with van der Waals surface area (Å²) >= 11 is 0. The molecule has 2 aromatic rings. The molecule has 1 aromatic heterocycles. The van der Waals surface area contributed by atoms with Crippen LogP contribution in [0.4, 0.5) is 4.39 Å². The number of carbonyl (C=O) groups is 1. The molecule has 0 unspecified atom stereocenters. The molecular weight excluding hydrogens is 309 g/mol. The molecular formula is C18H22FN3O2. The van der Waals surface area contributed by atoms with Gasteiger partial charge < -0.3 is 14.6 Å². The zero-order valence-corrected chi connectivity index (χ0v) is 13.7. The van der Waals surface area contributed by atoms with Gasteiger partial charge in [0.2, 0.25) is 0 Å². The van der Waals surface area contributed by atoms with Gasteiger partial charge in [-0.05, 0) is 43.4 Å². The number of halogens is 1. The minimum absolute atomic E-state index is 0.0277. The molecule has 0 amide bonds. The van der Waals surface area contributed by atoms with Gasteiger partial charge in [-0.1, -0.05) is 6.07 Å². The number of ether oxygens (including phenoxy) is 1. The van der Waals surface area contributed by atoms with Crippen LogP contribution < -0.4 is 5.32 Å². The van der Waals surface area contributed by atoms with Gasteiger partial charge in [-0.25, -0.2) is 9.37 Å². The maximum absolute atomic E-state index is 14.2. The van der Waals surface area contributed by atoms with E-state index in [2.05, 4.69) is 10.3 Å². The van der Waals surface area contributed by atoms with Crippen LogP contribution in [-0.4, -0.2) is 28.7 Å². The first-order valence-electron chi connectivity index (χ1n) is 8.25. The largest absolute Gasteiger partial charge is 0.469 e. The second-order valence-electron chi connectivity index (χ2n) is 6.21. The molecule has 1 aromatic carbocycles. The second kappa shape index (κ2) is 7.57. The molecule has 1 saturated carbocycles. The minimum atomic E-state index is -0.262. The van der Waals surface area contributed by atoms with Crippen LogP contribution in [0, 0.1) is 11.7 Å². The molecule has 1 aliphatic carbocycles. The summed E-state index contributed by atoms with van der Waals surface area (Å²) in [4.78, 5) is 15.5. The third-order valence-electron chi connectivity index (χ3n) is 4.65. The van der Waals surface area contributed by atoms with Crippen LogP contribution in [0.1, 0.15) is 31.2 Å². The number of nitrogens with zero attached hydrogens (tertiary/aromatic N) is 2. The van der Waals surface area contributed by atoms with Gasteiger partial charge in [0.25, 0.3) is 0 Å². The van der Waals surface area contributed by atoms with E-state index in [1.54, 1.807) is 35.4 Å². The third-order valence-corrected chi connectivity index (χ3v) is 4.65. The van der Waals surface area contributed by atoms with Gasteiger partial charge in [-0.15, -0.1) is 0 Å². The SMILES string of the molecule is COC(=O)C1CCC(NCc2ccc(-n3ccnc3)c(F)c2)CC1. The van der Waals surface area contributed by atoms with E-state index in [0.717, 1.165) is 31.2 Å². The fourth-order valence-electron chi connectivity index (χ4n) is 3.23. The number of carbonyl (C=O) groups excluding carboxylic acids is 1. The Morgan fingerprint density at radius 3 is 2.79 bits per heavy atom. The number of hydrogen-bond acceptors (Lipinski definition) is 4. The fourth-order valence-corrected chi connectivity index (χ4v) is 3.23. The molecule has 0 aliphatic heterocycles. The third kappa shape index (κ3) is 3.82. The van der Waals surface area contributed by atoms with Crippen LogP contribution >= 0.6 is 0 Å². The first-order valence-corrected chi connectivity index (χ1v) is 8.25. The van der Waals surface area contributed by atoms with Gasteiger partial charge in [-0.2, -0.15) is 0 Å². The maximum Gasteiger partial charge on any atom is 0.308 e. The molecule has 1 aliphatic rings. The molecule has 0 radical (unpaired) electrons. The van der Waals surface area contributed by atoms with Crippen molar-refractivity contribution in [1.29, 1.82) is 0 Å². The average molecular weight is 331 g/mol. The lowest BCUT2D eigenvalue weighted by Gasteiger charge is -2.27. The van der Waals surface area contributed by atoms with Gasteiger partial charge in [-0.3, -0.25) is 4.79 Å². The van der Waals surface area contributed by atoms with Crippen LogP contribution in [0.3, 0.4) is 0 Å². The van der Waals surface area contributed by atoms with Crippen molar-refractivity contribution in [1.82, 2.24) is 14.9 Å². The lowest BCUT2D eigenvalue weighted by molar-refractivity contribution is -0.146. The van der Waals surface area contributed by atoms with Crippen molar-refractivity contribution in [2.45, 2.75) is 38.3 Å². The van der Waals surface area contributed by atoms with Crippen molar-refractivity contribution < 1.29 is 13.9 Å². The summed E-state index contributed by atoms with van der Waals surface area (Å²) in [6.45, 7) is 0.620. The van der Waals surface area contributed by atoms with Gasteiger partial charge >= 0.3 is 5.97 Å². The Balaban J connectivity index is 1.53. The molecule has 1 N–H and O–H groups in total. The fraction of sp³-hybridized carbons (Fsp3) is 0.444.